The van der Waals surface area contributed by atoms with E-state index in [1.54, 1.807) is 24.3 Å². The molecule has 0 heterocycles. The van der Waals surface area contributed by atoms with Crippen molar-refractivity contribution in [2.24, 2.45) is 5.92 Å². The second-order valence-electron chi connectivity index (χ2n) is 6.28. The standard InChI is InChI=1S/C17H26N2O4S/c1-23-16-10-6-9-15(11-16)19(24(2,21)22)13-17(20)18-12-14-7-4-3-5-8-14/h6,9-11,14H,3-5,7-8,12-13H2,1-2H3,(H,18,20). The molecule has 134 valence electrons. The van der Waals surface area contributed by atoms with Crippen LogP contribution in [0.25, 0.3) is 0 Å². The average molecular weight is 354 g/mol. The Morgan fingerprint density at radius 2 is 2.00 bits per heavy atom. The van der Waals surface area contributed by atoms with E-state index in [0.29, 0.717) is 23.9 Å². The minimum Gasteiger partial charge on any atom is -0.497 e. The fraction of sp³-hybridized carbons (Fsp3) is 0.588. The summed E-state index contributed by atoms with van der Waals surface area (Å²) in [6.07, 6.45) is 7.04. The first kappa shape index (κ1) is 18.6. The molecule has 0 bridgehead atoms. The lowest BCUT2D eigenvalue weighted by molar-refractivity contribution is -0.119. The fourth-order valence-electron chi connectivity index (χ4n) is 3.00. The normalized spacial score (nSPS) is 15.8. The molecule has 7 heteroatoms. The van der Waals surface area contributed by atoms with Gasteiger partial charge in [0, 0.05) is 12.6 Å². The maximum absolute atomic E-state index is 12.2. The van der Waals surface area contributed by atoms with Crippen molar-refractivity contribution in [1.82, 2.24) is 5.32 Å². The lowest BCUT2D eigenvalue weighted by Crippen LogP contribution is -2.41. The first-order valence-corrected chi connectivity index (χ1v) is 10.1. The van der Waals surface area contributed by atoms with E-state index in [1.807, 2.05) is 0 Å². The van der Waals surface area contributed by atoms with E-state index in [9.17, 15) is 13.2 Å². The lowest BCUT2D eigenvalue weighted by Gasteiger charge is -2.24. The molecule has 1 amide bonds. The molecule has 0 aromatic heterocycles. The summed E-state index contributed by atoms with van der Waals surface area (Å²) in [4.78, 5) is 12.2. The maximum Gasteiger partial charge on any atom is 0.240 e. The number of ether oxygens (including phenoxy) is 1. The Hall–Kier alpha value is -1.76. The molecule has 1 aromatic carbocycles. The van der Waals surface area contributed by atoms with Crippen LogP contribution in [0.5, 0.6) is 5.75 Å². The van der Waals surface area contributed by atoms with Crippen molar-refractivity contribution in [3.8, 4) is 5.75 Å². The number of nitrogens with zero attached hydrogens (tertiary/aromatic N) is 1. The SMILES string of the molecule is COc1cccc(N(CC(=O)NCC2CCCCC2)S(C)(=O)=O)c1. The van der Waals surface area contributed by atoms with E-state index >= 15 is 0 Å². The van der Waals surface area contributed by atoms with Crippen LogP contribution in [0.1, 0.15) is 32.1 Å². The molecular formula is C17H26N2O4S. The molecule has 1 N–H and O–H groups in total. The van der Waals surface area contributed by atoms with Crippen LogP contribution in [0.2, 0.25) is 0 Å². The van der Waals surface area contributed by atoms with E-state index in [4.69, 9.17) is 4.74 Å². The van der Waals surface area contributed by atoms with Gasteiger partial charge in [-0.1, -0.05) is 25.3 Å². The minimum absolute atomic E-state index is 0.223. The largest absolute Gasteiger partial charge is 0.497 e. The van der Waals surface area contributed by atoms with Crippen molar-refractivity contribution >= 4 is 21.6 Å². The summed E-state index contributed by atoms with van der Waals surface area (Å²) in [5, 5.41) is 2.88. The van der Waals surface area contributed by atoms with Gasteiger partial charge in [-0.25, -0.2) is 8.42 Å². The van der Waals surface area contributed by atoms with Gasteiger partial charge in [0.05, 0.1) is 19.1 Å². The summed E-state index contributed by atoms with van der Waals surface area (Å²) >= 11 is 0. The zero-order valence-electron chi connectivity index (χ0n) is 14.3. The van der Waals surface area contributed by atoms with Gasteiger partial charge in [0.2, 0.25) is 15.9 Å². The van der Waals surface area contributed by atoms with Crippen LogP contribution in [-0.4, -0.2) is 40.8 Å². The van der Waals surface area contributed by atoms with Gasteiger partial charge in [-0.3, -0.25) is 9.10 Å². The van der Waals surface area contributed by atoms with E-state index in [2.05, 4.69) is 5.32 Å². The summed E-state index contributed by atoms with van der Waals surface area (Å²) in [6, 6.07) is 6.69. The summed E-state index contributed by atoms with van der Waals surface area (Å²) in [5.41, 5.74) is 0.421. The van der Waals surface area contributed by atoms with Crippen molar-refractivity contribution in [1.29, 1.82) is 0 Å². The van der Waals surface area contributed by atoms with Crippen LogP contribution < -0.4 is 14.4 Å². The Labute approximate surface area is 144 Å². The molecule has 0 spiro atoms. The second kappa shape index (κ2) is 8.37. The molecular weight excluding hydrogens is 328 g/mol. The molecule has 0 atom stereocenters. The van der Waals surface area contributed by atoms with Crippen molar-refractivity contribution in [3.63, 3.8) is 0 Å². The molecule has 0 radical (unpaired) electrons. The Bertz CT molecular complexity index is 654. The van der Waals surface area contributed by atoms with Crippen LogP contribution >= 0.6 is 0 Å². The van der Waals surface area contributed by atoms with Gasteiger partial charge in [0.25, 0.3) is 0 Å². The third-order valence-electron chi connectivity index (χ3n) is 4.34. The molecule has 0 saturated heterocycles. The van der Waals surface area contributed by atoms with E-state index in [1.165, 1.54) is 26.4 Å². The highest BCUT2D eigenvalue weighted by Crippen LogP contribution is 2.24. The topological polar surface area (TPSA) is 75.7 Å². The number of rotatable bonds is 7. The molecule has 1 aliphatic rings. The molecule has 0 unspecified atom stereocenters. The van der Waals surface area contributed by atoms with E-state index in [-0.39, 0.29) is 12.5 Å². The summed E-state index contributed by atoms with van der Waals surface area (Å²) in [5.74, 6) is 0.767. The second-order valence-corrected chi connectivity index (χ2v) is 8.19. The highest BCUT2D eigenvalue weighted by atomic mass is 32.2. The molecule has 24 heavy (non-hydrogen) atoms. The first-order valence-electron chi connectivity index (χ1n) is 8.28. The van der Waals surface area contributed by atoms with E-state index in [0.717, 1.165) is 23.4 Å². The average Bonchev–Trinajstić information content (AvgIpc) is 2.58. The smallest absolute Gasteiger partial charge is 0.240 e. The Morgan fingerprint density at radius 1 is 1.29 bits per heavy atom. The number of carbonyl (C=O) groups excluding carboxylic acids is 1. The molecule has 0 aliphatic heterocycles. The number of carbonyl (C=O) groups is 1. The Kier molecular flexibility index (Phi) is 6.48. The van der Waals surface area contributed by atoms with Crippen LogP contribution in [0.4, 0.5) is 5.69 Å². The minimum atomic E-state index is -3.56. The summed E-state index contributed by atoms with van der Waals surface area (Å²) in [7, 11) is -2.05. The molecule has 2 rings (SSSR count). The Morgan fingerprint density at radius 3 is 2.62 bits per heavy atom. The van der Waals surface area contributed by atoms with Crippen molar-refractivity contribution < 1.29 is 17.9 Å². The van der Waals surface area contributed by atoms with Gasteiger partial charge in [-0.2, -0.15) is 0 Å². The number of hydrogen-bond donors (Lipinski definition) is 1. The number of nitrogens with one attached hydrogen (secondary N) is 1. The highest BCUT2D eigenvalue weighted by Gasteiger charge is 2.22. The predicted molar refractivity (Wildman–Crippen MR) is 94.8 cm³/mol. The van der Waals surface area contributed by atoms with Gasteiger partial charge in [-0.05, 0) is 30.9 Å². The predicted octanol–water partition coefficient (Wildman–Crippen LogP) is 2.16. The summed E-state index contributed by atoms with van der Waals surface area (Å²) in [6.45, 7) is 0.396. The lowest BCUT2D eigenvalue weighted by atomic mass is 9.89. The van der Waals surface area contributed by atoms with Crippen molar-refractivity contribution in [3.05, 3.63) is 24.3 Å². The van der Waals surface area contributed by atoms with Crippen molar-refractivity contribution in [2.45, 2.75) is 32.1 Å². The third-order valence-corrected chi connectivity index (χ3v) is 5.48. The number of amides is 1. The molecule has 1 aliphatic carbocycles. The third kappa shape index (κ3) is 5.40. The van der Waals surface area contributed by atoms with Crippen LogP contribution in [-0.2, 0) is 14.8 Å². The number of anilines is 1. The number of methoxy groups -OCH3 is 1. The zero-order chi connectivity index (χ0) is 17.6. The van der Waals surface area contributed by atoms with E-state index < -0.39 is 10.0 Å². The van der Waals surface area contributed by atoms with Gasteiger partial charge in [-0.15, -0.1) is 0 Å². The molecule has 1 aromatic rings. The van der Waals surface area contributed by atoms with Crippen LogP contribution in [0.3, 0.4) is 0 Å². The van der Waals surface area contributed by atoms with Gasteiger partial charge < -0.3 is 10.1 Å². The number of hydrogen-bond acceptors (Lipinski definition) is 4. The molecule has 6 nitrogen and oxygen atoms in total. The summed E-state index contributed by atoms with van der Waals surface area (Å²) < 4.78 is 30.4. The Balaban J connectivity index is 2.01. The number of sulfonamides is 1. The number of benzene rings is 1. The monoisotopic (exact) mass is 354 g/mol. The van der Waals surface area contributed by atoms with Gasteiger partial charge >= 0.3 is 0 Å². The van der Waals surface area contributed by atoms with Gasteiger partial charge in [0.15, 0.2) is 0 Å². The van der Waals surface area contributed by atoms with Gasteiger partial charge in [0.1, 0.15) is 12.3 Å². The van der Waals surface area contributed by atoms with Crippen LogP contribution in [0.15, 0.2) is 24.3 Å². The first-order chi connectivity index (χ1) is 11.4. The zero-order valence-corrected chi connectivity index (χ0v) is 15.1. The molecule has 1 saturated carbocycles. The van der Waals surface area contributed by atoms with Crippen molar-refractivity contribution in [2.75, 3.05) is 30.8 Å². The fourth-order valence-corrected chi connectivity index (χ4v) is 3.85. The molecule has 1 fully saturated rings. The van der Waals surface area contributed by atoms with Crippen LogP contribution in [0, 0.1) is 5.92 Å². The maximum atomic E-state index is 12.2. The quantitative estimate of drug-likeness (QED) is 0.814. The highest BCUT2D eigenvalue weighted by molar-refractivity contribution is 7.92.